The minimum absolute atomic E-state index is 0.183. The summed E-state index contributed by atoms with van der Waals surface area (Å²) in [6.07, 6.45) is 3.70. The Labute approximate surface area is 192 Å². The summed E-state index contributed by atoms with van der Waals surface area (Å²) in [4.78, 5) is 23.8. The maximum atomic E-state index is 11.6. The van der Waals surface area contributed by atoms with Gasteiger partial charge < -0.3 is 25.0 Å². The number of ether oxygens (including phenoxy) is 2. The van der Waals surface area contributed by atoms with Crippen molar-refractivity contribution in [3.63, 3.8) is 0 Å². The molecule has 2 aliphatic rings. The molecule has 2 N–H and O–H groups in total. The Balaban J connectivity index is 1.59. The van der Waals surface area contributed by atoms with Crippen molar-refractivity contribution in [3.8, 4) is 11.3 Å². The highest BCUT2D eigenvalue weighted by Crippen LogP contribution is 2.32. The molecule has 4 heterocycles. The summed E-state index contributed by atoms with van der Waals surface area (Å²) in [5.74, 6) is 0.690. The van der Waals surface area contributed by atoms with Crippen molar-refractivity contribution in [2.75, 3.05) is 50.2 Å². The summed E-state index contributed by atoms with van der Waals surface area (Å²) >= 11 is 0. The smallest absolute Gasteiger partial charge is 0.318 e. The van der Waals surface area contributed by atoms with Crippen LogP contribution in [0, 0.1) is 0 Å². The van der Waals surface area contributed by atoms with Gasteiger partial charge in [-0.1, -0.05) is 12.1 Å². The third-order valence-corrected chi connectivity index (χ3v) is 6.25. The molecule has 0 bridgehead atoms. The Kier molecular flexibility index (Phi) is 6.10. The number of nitrogens with one attached hydrogen (secondary N) is 2. The number of rotatable bonds is 4. The predicted molar refractivity (Wildman–Crippen MR) is 126 cm³/mol. The van der Waals surface area contributed by atoms with Gasteiger partial charge in [0.05, 0.1) is 42.6 Å². The number of hydrogen-bond acceptors (Lipinski definition) is 7. The second-order valence-corrected chi connectivity index (χ2v) is 8.44. The van der Waals surface area contributed by atoms with Crippen LogP contribution in [0.3, 0.4) is 0 Å². The molecule has 5 rings (SSSR count). The highest BCUT2D eigenvalue weighted by atomic mass is 16.5. The summed E-state index contributed by atoms with van der Waals surface area (Å²) in [5, 5.41) is 11.0. The molecule has 3 aromatic rings. The van der Waals surface area contributed by atoms with E-state index in [2.05, 4.69) is 22.5 Å². The van der Waals surface area contributed by atoms with Crippen LogP contribution in [-0.2, 0) is 9.47 Å². The van der Waals surface area contributed by atoms with Gasteiger partial charge in [0, 0.05) is 38.1 Å². The zero-order valence-corrected chi connectivity index (χ0v) is 19.0. The van der Waals surface area contributed by atoms with Crippen LogP contribution in [0.2, 0.25) is 0 Å². The summed E-state index contributed by atoms with van der Waals surface area (Å²) in [5.41, 5.74) is 3.33. The quantitative estimate of drug-likeness (QED) is 0.628. The van der Waals surface area contributed by atoms with E-state index in [1.165, 1.54) is 0 Å². The van der Waals surface area contributed by atoms with E-state index in [-0.39, 0.29) is 18.1 Å². The Bertz CT molecular complexity index is 1130. The number of carbonyl (C=O) groups excluding carboxylic acids is 1. The first-order valence-corrected chi connectivity index (χ1v) is 11.4. The van der Waals surface area contributed by atoms with Gasteiger partial charge in [-0.05, 0) is 31.9 Å². The van der Waals surface area contributed by atoms with E-state index in [0.717, 1.165) is 54.9 Å². The molecular weight excluding hydrogens is 422 g/mol. The van der Waals surface area contributed by atoms with E-state index in [1.807, 2.05) is 35.1 Å². The van der Waals surface area contributed by atoms with Crippen molar-refractivity contribution in [3.05, 3.63) is 30.5 Å². The number of carbonyl (C=O) groups is 1. The fraction of sp³-hybridized carbons (Fsp3) is 0.478. The number of benzene rings is 1. The zero-order chi connectivity index (χ0) is 22.8. The van der Waals surface area contributed by atoms with Gasteiger partial charge in [-0.2, -0.15) is 10.1 Å². The van der Waals surface area contributed by atoms with Gasteiger partial charge in [-0.3, -0.25) is 0 Å². The summed E-state index contributed by atoms with van der Waals surface area (Å²) in [6.45, 7) is 5.64. The number of amides is 2. The lowest BCUT2D eigenvalue weighted by atomic mass is 10.1. The zero-order valence-electron chi connectivity index (χ0n) is 19.0. The van der Waals surface area contributed by atoms with Gasteiger partial charge in [0.2, 0.25) is 5.95 Å². The number of aromatic nitrogens is 4. The van der Waals surface area contributed by atoms with E-state index in [4.69, 9.17) is 24.5 Å². The van der Waals surface area contributed by atoms with Crippen molar-refractivity contribution >= 4 is 28.7 Å². The molecule has 10 heteroatoms. The average Bonchev–Trinajstić information content (AvgIpc) is 3.29. The Hall–Kier alpha value is -3.24. The first-order valence-electron chi connectivity index (χ1n) is 11.4. The summed E-state index contributed by atoms with van der Waals surface area (Å²) in [6, 6.07) is 7.86. The summed E-state index contributed by atoms with van der Waals surface area (Å²) in [7, 11) is 1.59. The molecule has 174 valence electrons. The van der Waals surface area contributed by atoms with Crippen molar-refractivity contribution in [2.45, 2.75) is 31.8 Å². The topological polar surface area (TPSA) is 106 Å². The molecule has 2 aromatic heterocycles. The Morgan fingerprint density at radius 3 is 2.61 bits per heavy atom. The molecule has 2 aliphatic heterocycles. The van der Waals surface area contributed by atoms with Gasteiger partial charge in [-0.15, -0.1) is 0 Å². The van der Waals surface area contributed by atoms with Crippen LogP contribution in [-0.4, -0.2) is 71.8 Å². The van der Waals surface area contributed by atoms with Crippen molar-refractivity contribution in [1.82, 2.24) is 25.1 Å². The van der Waals surface area contributed by atoms with Crippen LogP contribution < -0.4 is 15.5 Å². The van der Waals surface area contributed by atoms with Crippen LogP contribution in [0.15, 0.2) is 30.5 Å². The van der Waals surface area contributed by atoms with E-state index >= 15 is 0 Å². The van der Waals surface area contributed by atoms with E-state index in [9.17, 15) is 4.79 Å². The lowest BCUT2D eigenvalue weighted by Gasteiger charge is -2.33. The standard InChI is InChI=1S/C23H29N7O3/c1-15-14-33-12-9-29(15)22-27-20(16-3-5-17(6-4-16)26-23(31)24-2)19-13-25-30(21(19)28-22)18-7-10-32-11-8-18/h3-6,13,15,18H,7-12,14H2,1-2H3,(H2,24,26,31)/t15-/m0/s1. The van der Waals surface area contributed by atoms with Crippen molar-refractivity contribution < 1.29 is 14.3 Å². The lowest BCUT2D eigenvalue weighted by Crippen LogP contribution is -2.44. The van der Waals surface area contributed by atoms with Crippen LogP contribution in [0.4, 0.5) is 16.4 Å². The molecule has 0 spiro atoms. The molecule has 0 unspecified atom stereocenters. The van der Waals surface area contributed by atoms with E-state index < -0.39 is 0 Å². The largest absolute Gasteiger partial charge is 0.381 e. The third kappa shape index (κ3) is 4.36. The van der Waals surface area contributed by atoms with Gasteiger partial charge in [0.1, 0.15) is 0 Å². The average molecular weight is 452 g/mol. The first kappa shape index (κ1) is 21.6. The minimum Gasteiger partial charge on any atom is -0.381 e. The number of hydrogen-bond donors (Lipinski definition) is 2. The summed E-state index contributed by atoms with van der Waals surface area (Å²) < 4.78 is 13.2. The molecule has 2 saturated heterocycles. The fourth-order valence-corrected chi connectivity index (χ4v) is 4.39. The van der Waals surface area contributed by atoms with Gasteiger partial charge in [-0.25, -0.2) is 14.5 Å². The molecule has 1 aromatic carbocycles. The van der Waals surface area contributed by atoms with Crippen LogP contribution >= 0.6 is 0 Å². The number of nitrogens with zero attached hydrogens (tertiary/aromatic N) is 5. The maximum absolute atomic E-state index is 11.6. The molecule has 1 atom stereocenters. The first-order chi connectivity index (χ1) is 16.1. The molecule has 0 saturated carbocycles. The highest BCUT2D eigenvalue weighted by molar-refractivity contribution is 5.93. The number of morpholine rings is 1. The Morgan fingerprint density at radius 1 is 1.09 bits per heavy atom. The van der Waals surface area contributed by atoms with E-state index in [1.54, 1.807) is 7.05 Å². The maximum Gasteiger partial charge on any atom is 0.318 e. The van der Waals surface area contributed by atoms with E-state index in [0.29, 0.717) is 24.8 Å². The number of fused-ring (bicyclic) bond motifs is 1. The van der Waals surface area contributed by atoms with Gasteiger partial charge >= 0.3 is 6.03 Å². The van der Waals surface area contributed by atoms with Crippen LogP contribution in [0.25, 0.3) is 22.3 Å². The monoisotopic (exact) mass is 451 g/mol. The van der Waals surface area contributed by atoms with Gasteiger partial charge in [0.15, 0.2) is 5.65 Å². The fourth-order valence-electron chi connectivity index (χ4n) is 4.39. The van der Waals surface area contributed by atoms with Crippen molar-refractivity contribution in [2.24, 2.45) is 0 Å². The molecule has 0 aliphatic carbocycles. The predicted octanol–water partition coefficient (Wildman–Crippen LogP) is 2.82. The third-order valence-electron chi connectivity index (χ3n) is 6.25. The Morgan fingerprint density at radius 2 is 1.88 bits per heavy atom. The SMILES string of the molecule is CNC(=O)Nc1ccc(-c2nc(N3CCOC[C@@H]3C)nc3c2cnn3C2CCOCC2)cc1. The molecular formula is C23H29N7O3. The van der Waals surface area contributed by atoms with Crippen molar-refractivity contribution in [1.29, 1.82) is 0 Å². The highest BCUT2D eigenvalue weighted by Gasteiger charge is 2.26. The lowest BCUT2D eigenvalue weighted by molar-refractivity contribution is 0.0673. The molecule has 0 radical (unpaired) electrons. The minimum atomic E-state index is -0.256. The molecule has 2 fully saturated rings. The normalized spacial score (nSPS) is 19.6. The molecule has 33 heavy (non-hydrogen) atoms. The second-order valence-electron chi connectivity index (χ2n) is 8.44. The second kappa shape index (κ2) is 9.32. The number of anilines is 2. The van der Waals surface area contributed by atoms with Crippen LogP contribution in [0.5, 0.6) is 0 Å². The van der Waals surface area contributed by atoms with Gasteiger partial charge in [0.25, 0.3) is 0 Å². The molecule has 2 amide bonds. The van der Waals surface area contributed by atoms with Crippen LogP contribution in [0.1, 0.15) is 25.8 Å². The molecule has 10 nitrogen and oxygen atoms in total. The number of urea groups is 1.